The minimum absolute atomic E-state index is 0.333. The van der Waals surface area contributed by atoms with Crippen molar-refractivity contribution in [1.82, 2.24) is 9.55 Å². The first-order valence-electron chi connectivity index (χ1n) is 4.93. The van der Waals surface area contributed by atoms with Gasteiger partial charge in [-0.15, -0.1) is 0 Å². The number of urea groups is 1. The van der Waals surface area contributed by atoms with Crippen molar-refractivity contribution in [3.05, 3.63) is 63.4 Å². The van der Waals surface area contributed by atoms with Crippen molar-refractivity contribution < 1.29 is 4.79 Å². The number of carbonyl (C=O) groups excluding carboxylic acids is 1. The zero-order valence-electron chi connectivity index (χ0n) is 9.37. The fourth-order valence-electron chi connectivity index (χ4n) is 1.24. The first kappa shape index (κ1) is 13.2. The van der Waals surface area contributed by atoms with Crippen LogP contribution < -0.4 is 22.7 Å². The van der Waals surface area contributed by atoms with E-state index in [0.29, 0.717) is 5.69 Å². The number of para-hydroxylation sites is 1. The quantitative estimate of drug-likeness (QED) is 0.633. The third-order valence-corrected chi connectivity index (χ3v) is 1.87. The maximum Gasteiger partial charge on any atom is 0.332 e. The molecule has 1 aromatic carbocycles. The van der Waals surface area contributed by atoms with Gasteiger partial charge in [0, 0.05) is 12.3 Å². The van der Waals surface area contributed by atoms with E-state index in [1.807, 2.05) is 6.07 Å². The van der Waals surface area contributed by atoms with Gasteiger partial charge in [-0.3, -0.25) is 4.79 Å². The van der Waals surface area contributed by atoms with Crippen molar-refractivity contribution >= 4 is 6.03 Å². The highest BCUT2D eigenvalue weighted by atomic mass is 16.2. The van der Waals surface area contributed by atoms with Crippen LogP contribution in [0.3, 0.4) is 0 Å². The van der Waals surface area contributed by atoms with Gasteiger partial charge in [-0.05, 0) is 12.1 Å². The van der Waals surface area contributed by atoms with Crippen molar-refractivity contribution in [1.29, 1.82) is 0 Å². The number of amides is 2. The molecule has 2 amide bonds. The summed E-state index contributed by atoms with van der Waals surface area (Å²) >= 11 is 0. The molecule has 5 N–H and O–H groups in total. The largest absolute Gasteiger partial charge is 0.352 e. The average Bonchev–Trinajstić information content (AvgIpc) is 2.29. The molecular formula is C11H12N4O3. The van der Waals surface area contributed by atoms with Gasteiger partial charge in [0.25, 0.3) is 5.56 Å². The minimum Gasteiger partial charge on any atom is -0.352 e. The van der Waals surface area contributed by atoms with E-state index in [1.54, 1.807) is 24.3 Å². The lowest BCUT2D eigenvalue weighted by Crippen LogP contribution is -2.32. The molecule has 0 radical (unpaired) electrons. The lowest BCUT2D eigenvalue weighted by Gasteiger charge is -2.01. The summed E-state index contributed by atoms with van der Waals surface area (Å²) in [7, 11) is 0. The summed E-state index contributed by atoms with van der Waals surface area (Å²) in [6.45, 7) is 0. The van der Waals surface area contributed by atoms with Crippen LogP contribution in [0.15, 0.2) is 52.2 Å². The first-order chi connectivity index (χ1) is 8.52. The maximum atomic E-state index is 11.4. The Morgan fingerprint density at radius 3 is 2.11 bits per heavy atom. The Labute approximate surface area is 102 Å². The van der Waals surface area contributed by atoms with Crippen LogP contribution in [0.5, 0.6) is 0 Å². The molecule has 7 heteroatoms. The number of hydrogen-bond donors (Lipinski definition) is 3. The van der Waals surface area contributed by atoms with Gasteiger partial charge >= 0.3 is 11.7 Å². The number of aromatic amines is 1. The van der Waals surface area contributed by atoms with Gasteiger partial charge < -0.3 is 16.5 Å². The Hall–Kier alpha value is -2.83. The van der Waals surface area contributed by atoms with E-state index in [2.05, 4.69) is 16.5 Å². The highest BCUT2D eigenvalue weighted by molar-refractivity contribution is 5.69. The molecule has 0 aliphatic carbocycles. The van der Waals surface area contributed by atoms with E-state index in [9.17, 15) is 9.59 Å². The predicted molar refractivity (Wildman–Crippen MR) is 66.4 cm³/mol. The lowest BCUT2D eigenvalue weighted by atomic mass is 10.3. The van der Waals surface area contributed by atoms with E-state index in [-0.39, 0.29) is 5.56 Å². The third kappa shape index (κ3) is 3.63. The van der Waals surface area contributed by atoms with E-state index in [4.69, 9.17) is 4.79 Å². The second-order valence-corrected chi connectivity index (χ2v) is 3.19. The van der Waals surface area contributed by atoms with Crippen LogP contribution >= 0.6 is 0 Å². The molecule has 0 atom stereocenters. The van der Waals surface area contributed by atoms with E-state index >= 15 is 0 Å². The molecule has 2 aromatic rings. The molecule has 0 aliphatic rings. The van der Waals surface area contributed by atoms with Crippen molar-refractivity contribution in [3.8, 4) is 5.69 Å². The molecular weight excluding hydrogens is 236 g/mol. The fourth-order valence-corrected chi connectivity index (χ4v) is 1.24. The molecule has 7 nitrogen and oxygen atoms in total. The molecule has 1 aromatic heterocycles. The van der Waals surface area contributed by atoms with Gasteiger partial charge in [-0.25, -0.2) is 14.2 Å². The summed E-state index contributed by atoms with van der Waals surface area (Å²) in [6, 6.07) is 9.26. The summed E-state index contributed by atoms with van der Waals surface area (Å²) in [5.41, 5.74) is 8.31. The topological polar surface area (TPSA) is 124 Å². The number of aromatic nitrogens is 2. The Morgan fingerprint density at radius 2 is 1.61 bits per heavy atom. The zero-order chi connectivity index (χ0) is 13.5. The number of hydrogen-bond acceptors (Lipinski definition) is 3. The predicted octanol–water partition coefficient (Wildman–Crippen LogP) is -0.450. The highest BCUT2D eigenvalue weighted by Crippen LogP contribution is 1.99. The summed E-state index contributed by atoms with van der Waals surface area (Å²) in [5, 5.41) is 0. The molecule has 0 saturated heterocycles. The standard InChI is InChI=1S/C10H8N2O2.CH4N2O/c13-9-6-7-11-10(14)12(9)8-4-2-1-3-5-8;2-1(3)4/h1-7H,(H,11,14);(H4,2,3,4). The van der Waals surface area contributed by atoms with Crippen LogP contribution in [0.2, 0.25) is 0 Å². The Morgan fingerprint density at radius 1 is 1.06 bits per heavy atom. The second-order valence-electron chi connectivity index (χ2n) is 3.19. The monoisotopic (exact) mass is 248 g/mol. The minimum atomic E-state index is -0.833. The fraction of sp³-hybridized carbons (Fsp3) is 0. The van der Waals surface area contributed by atoms with Crippen LogP contribution in [0, 0.1) is 0 Å². The van der Waals surface area contributed by atoms with Crippen molar-refractivity contribution in [2.24, 2.45) is 11.5 Å². The highest BCUT2D eigenvalue weighted by Gasteiger charge is 2.00. The molecule has 0 fully saturated rings. The molecule has 0 unspecified atom stereocenters. The Bertz CT molecular complexity index is 598. The van der Waals surface area contributed by atoms with Crippen molar-refractivity contribution in [2.75, 3.05) is 0 Å². The SMILES string of the molecule is NC(N)=O.O=c1cc[nH]c(=O)n1-c1ccccc1. The summed E-state index contributed by atoms with van der Waals surface area (Å²) < 4.78 is 1.08. The first-order valence-corrected chi connectivity index (χ1v) is 4.93. The zero-order valence-corrected chi connectivity index (χ0v) is 9.37. The Balaban J connectivity index is 0.000000357. The number of primary amides is 2. The van der Waals surface area contributed by atoms with E-state index in [1.165, 1.54) is 12.3 Å². The maximum absolute atomic E-state index is 11.4. The number of benzene rings is 1. The van der Waals surface area contributed by atoms with Gasteiger partial charge in [0.05, 0.1) is 5.69 Å². The lowest BCUT2D eigenvalue weighted by molar-refractivity contribution is 0.256. The van der Waals surface area contributed by atoms with E-state index in [0.717, 1.165) is 4.57 Å². The van der Waals surface area contributed by atoms with E-state index < -0.39 is 11.7 Å². The second kappa shape index (κ2) is 6.04. The van der Waals surface area contributed by atoms with Gasteiger partial charge in [0.15, 0.2) is 0 Å². The molecule has 0 saturated carbocycles. The number of nitrogens with two attached hydrogens (primary N) is 2. The van der Waals surface area contributed by atoms with Crippen molar-refractivity contribution in [2.45, 2.75) is 0 Å². The number of H-pyrrole nitrogens is 1. The number of rotatable bonds is 1. The molecule has 0 spiro atoms. The molecule has 0 aliphatic heterocycles. The Kier molecular flexibility index (Phi) is 4.44. The van der Waals surface area contributed by atoms with Crippen LogP contribution in [-0.4, -0.2) is 15.6 Å². The molecule has 94 valence electrons. The molecule has 1 heterocycles. The van der Waals surface area contributed by atoms with Crippen LogP contribution in [0.25, 0.3) is 5.69 Å². The normalized spacial score (nSPS) is 9.11. The average molecular weight is 248 g/mol. The summed E-state index contributed by atoms with van der Waals surface area (Å²) in [4.78, 5) is 34.2. The molecule has 0 bridgehead atoms. The number of carbonyl (C=O) groups is 1. The number of nitrogens with one attached hydrogen (secondary N) is 1. The van der Waals surface area contributed by atoms with Crippen molar-refractivity contribution in [3.63, 3.8) is 0 Å². The third-order valence-electron chi connectivity index (χ3n) is 1.87. The van der Waals surface area contributed by atoms with Crippen LogP contribution in [0.4, 0.5) is 4.79 Å². The van der Waals surface area contributed by atoms with Gasteiger partial charge in [-0.2, -0.15) is 0 Å². The van der Waals surface area contributed by atoms with Gasteiger partial charge in [-0.1, -0.05) is 18.2 Å². The van der Waals surface area contributed by atoms with Gasteiger partial charge in [0.1, 0.15) is 0 Å². The molecule has 18 heavy (non-hydrogen) atoms. The smallest absolute Gasteiger partial charge is 0.332 e. The summed E-state index contributed by atoms with van der Waals surface area (Å²) in [5.74, 6) is 0. The molecule has 2 rings (SSSR count). The van der Waals surface area contributed by atoms with Gasteiger partial charge in [0.2, 0.25) is 0 Å². The van der Waals surface area contributed by atoms with Crippen LogP contribution in [0.1, 0.15) is 0 Å². The van der Waals surface area contributed by atoms with Crippen LogP contribution in [-0.2, 0) is 0 Å². The number of nitrogens with zero attached hydrogens (tertiary/aromatic N) is 1. The summed E-state index contributed by atoms with van der Waals surface area (Å²) in [6.07, 6.45) is 1.34.